The van der Waals surface area contributed by atoms with Crippen molar-refractivity contribution in [2.45, 2.75) is 34.2 Å². The third-order valence-electron chi connectivity index (χ3n) is 5.35. The van der Waals surface area contributed by atoms with Gasteiger partial charge in [-0.1, -0.05) is 41.1 Å². The molecule has 0 aliphatic carbocycles. The Morgan fingerprint density at radius 3 is 2.42 bits per heavy atom. The summed E-state index contributed by atoms with van der Waals surface area (Å²) in [6, 6.07) is 15.2. The number of amides is 1. The summed E-state index contributed by atoms with van der Waals surface area (Å²) in [6.07, 6.45) is 0. The lowest BCUT2D eigenvalue weighted by Gasteiger charge is -2.14. The quantitative estimate of drug-likeness (QED) is 0.401. The van der Waals surface area contributed by atoms with Crippen molar-refractivity contribution >= 4 is 27.5 Å². The molecule has 168 valence electrons. The second-order valence-electron chi connectivity index (χ2n) is 8.06. The van der Waals surface area contributed by atoms with Gasteiger partial charge < -0.3 is 14.4 Å². The Hall–Kier alpha value is -3.52. The van der Waals surface area contributed by atoms with Gasteiger partial charge in [0.25, 0.3) is 11.4 Å². The number of nitrogens with one attached hydrogen (secondary N) is 1. The van der Waals surface area contributed by atoms with E-state index in [1.807, 2.05) is 69.3 Å². The summed E-state index contributed by atoms with van der Waals surface area (Å²) in [5, 5.41) is 6.89. The monoisotopic (exact) mass is 506 g/mol. The molecule has 2 heterocycles. The van der Waals surface area contributed by atoms with Crippen LogP contribution in [0.1, 0.15) is 22.4 Å². The highest BCUT2D eigenvalue weighted by molar-refractivity contribution is 9.10. The summed E-state index contributed by atoms with van der Waals surface area (Å²) < 4.78 is 7.63. The van der Waals surface area contributed by atoms with E-state index in [1.54, 1.807) is 6.92 Å². The van der Waals surface area contributed by atoms with E-state index in [2.05, 4.69) is 31.4 Å². The lowest BCUT2D eigenvalue weighted by molar-refractivity contribution is -0.116. The standard InChI is InChI=1S/C25H23BrN4O3/c1-14-5-8-18(9-6-14)23-28-24(33-29-23)22-16(3)12-17(4)30(25(22)32)13-21(31)27-20-10-7-15(2)11-19(20)26/h5-12H,13H2,1-4H3,(H,27,31). The van der Waals surface area contributed by atoms with Gasteiger partial charge in [-0.2, -0.15) is 4.98 Å². The predicted molar refractivity (Wildman–Crippen MR) is 131 cm³/mol. The number of anilines is 1. The molecule has 0 aliphatic heterocycles. The van der Waals surface area contributed by atoms with Crippen molar-refractivity contribution in [3.05, 3.63) is 85.7 Å². The number of hydrogen-bond acceptors (Lipinski definition) is 5. The smallest absolute Gasteiger partial charge is 0.264 e. The van der Waals surface area contributed by atoms with Crippen LogP contribution in [0.25, 0.3) is 22.8 Å². The minimum atomic E-state index is -0.357. The highest BCUT2D eigenvalue weighted by Gasteiger charge is 2.20. The van der Waals surface area contributed by atoms with Gasteiger partial charge in [-0.05, 0) is 73.0 Å². The summed E-state index contributed by atoms with van der Waals surface area (Å²) in [5.41, 5.74) is 4.93. The van der Waals surface area contributed by atoms with E-state index in [1.165, 1.54) is 4.57 Å². The first-order valence-electron chi connectivity index (χ1n) is 10.4. The molecule has 7 nitrogen and oxygen atoms in total. The average Bonchev–Trinajstić information content (AvgIpc) is 3.23. The Bertz CT molecular complexity index is 1400. The number of aromatic nitrogens is 3. The molecule has 33 heavy (non-hydrogen) atoms. The maximum Gasteiger partial charge on any atom is 0.264 e. The van der Waals surface area contributed by atoms with E-state index in [4.69, 9.17) is 4.52 Å². The molecule has 0 aliphatic rings. The highest BCUT2D eigenvalue weighted by Crippen LogP contribution is 2.25. The number of carbonyl (C=O) groups is 1. The number of nitrogens with zero attached hydrogens (tertiary/aromatic N) is 3. The minimum absolute atomic E-state index is 0.128. The van der Waals surface area contributed by atoms with E-state index < -0.39 is 0 Å². The number of rotatable bonds is 5. The van der Waals surface area contributed by atoms with Crippen LogP contribution in [-0.2, 0) is 11.3 Å². The zero-order valence-corrected chi connectivity index (χ0v) is 20.4. The number of aryl methyl sites for hydroxylation is 4. The fourth-order valence-corrected chi connectivity index (χ4v) is 4.18. The second kappa shape index (κ2) is 9.15. The van der Waals surface area contributed by atoms with Gasteiger partial charge in [-0.25, -0.2) is 0 Å². The van der Waals surface area contributed by atoms with Crippen LogP contribution >= 0.6 is 15.9 Å². The van der Waals surface area contributed by atoms with Crippen molar-refractivity contribution in [2.24, 2.45) is 0 Å². The molecular weight excluding hydrogens is 484 g/mol. The van der Waals surface area contributed by atoms with Crippen LogP contribution in [0.15, 0.2) is 62.3 Å². The van der Waals surface area contributed by atoms with Crippen LogP contribution in [0.2, 0.25) is 0 Å². The van der Waals surface area contributed by atoms with Gasteiger partial charge in [0.1, 0.15) is 12.1 Å². The van der Waals surface area contributed by atoms with Crippen LogP contribution in [0.5, 0.6) is 0 Å². The van der Waals surface area contributed by atoms with Gasteiger partial charge in [0.05, 0.1) is 5.69 Å². The topological polar surface area (TPSA) is 90.0 Å². The molecule has 0 atom stereocenters. The van der Waals surface area contributed by atoms with Crippen molar-refractivity contribution in [3.63, 3.8) is 0 Å². The molecule has 2 aromatic heterocycles. The van der Waals surface area contributed by atoms with Gasteiger partial charge >= 0.3 is 0 Å². The van der Waals surface area contributed by atoms with Crippen LogP contribution in [0, 0.1) is 27.7 Å². The molecule has 0 unspecified atom stereocenters. The summed E-state index contributed by atoms with van der Waals surface area (Å²) in [6.45, 7) is 7.43. The summed E-state index contributed by atoms with van der Waals surface area (Å²) in [4.78, 5) is 30.5. The molecule has 0 saturated heterocycles. The fourth-order valence-electron chi connectivity index (χ4n) is 3.58. The Labute approximate surface area is 199 Å². The average molecular weight is 507 g/mol. The summed E-state index contributed by atoms with van der Waals surface area (Å²) in [5.74, 6) is 0.215. The van der Waals surface area contributed by atoms with Crippen molar-refractivity contribution in [3.8, 4) is 22.8 Å². The lowest BCUT2D eigenvalue weighted by atomic mass is 10.1. The number of hydrogen-bond donors (Lipinski definition) is 1. The largest absolute Gasteiger partial charge is 0.333 e. The molecule has 0 fully saturated rings. The van der Waals surface area contributed by atoms with Gasteiger partial charge in [-0.15, -0.1) is 0 Å². The lowest BCUT2D eigenvalue weighted by Crippen LogP contribution is -2.30. The third kappa shape index (κ3) is 4.80. The first kappa shape index (κ1) is 22.7. The molecule has 1 N–H and O–H groups in total. The highest BCUT2D eigenvalue weighted by atomic mass is 79.9. The molecule has 1 amide bonds. The fraction of sp³-hybridized carbons (Fsp3) is 0.200. The van der Waals surface area contributed by atoms with Gasteiger partial charge in [0, 0.05) is 15.7 Å². The molecule has 8 heteroatoms. The van der Waals surface area contributed by atoms with E-state index in [-0.39, 0.29) is 29.5 Å². The molecule has 0 radical (unpaired) electrons. The molecular formula is C25H23BrN4O3. The van der Waals surface area contributed by atoms with Crippen molar-refractivity contribution in [1.82, 2.24) is 14.7 Å². The van der Waals surface area contributed by atoms with Gasteiger partial charge in [-0.3, -0.25) is 9.59 Å². The molecule has 0 saturated carbocycles. The maximum absolute atomic E-state index is 13.3. The van der Waals surface area contributed by atoms with Crippen molar-refractivity contribution < 1.29 is 9.32 Å². The minimum Gasteiger partial charge on any atom is -0.333 e. The molecule has 4 rings (SSSR count). The zero-order chi connectivity index (χ0) is 23.7. The van der Waals surface area contributed by atoms with E-state index >= 15 is 0 Å². The van der Waals surface area contributed by atoms with Crippen LogP contribution in [0.4, 0.5) is 5.69 Å². The first-order chi connectivity index (χ1) is 15.7. The van der Waals surface area contributed by atoms with Gasteiger partial charge in [0.2, 0.25) is 11.7 Å². The normalized spacial score (nSPS) is 10.9. The molecule has 4 aromatic rings. The van der Waals surface area contributed by atoms with E-state index in [9.17, 15) is 9.59 Å². The Kier molecular flexibility index (Phi) is 6.29. The molecule has 0 spiro atoms. The number of pyridine rings is 1. The van der Waals surface area contributed by atoms with Crippen molar-refractivity contribution in [2.75, 3.05) is 5.32 Å². The second-order valence-corrected chi connectivity index (χ2v) is 8.91. The van der Waals surface area contributed by atoms with E-state index in [0.717, 1.165) is 21.2 Å². The van der Waals surface area contributed by atoms with Crippen molar-refractivity contribution in [1.29, 1.82) is 0 Å². The maximum atomic E-state index is 13.3. The SMILES string of the molecule is Cc1ccc(-c2noc(-c3c(C)cc(C)n(CC(=O)Nc4ccc(C)cc4Br)c3=O)n2)cc1. The van der Waals surface area contributed by atoms with Crippen LogP contribution in [-0.4, -0.2) is 20.6 Å². The Morgan fingerprint density at radius 2 is 1.73 bits per heavy atom. The number of benzene rings is 2. The predicted octanol–water partition coefficient (Wildman–Crippen LogP) is 5.20. The van der Waals surface area contributed by atoms with E-state index in [0.29, 0.717) is 22.8 Å². The first-order valence-corrected chi connectivity index (χ1v) is 11.2. The molecule has 2 aromatic carbocycles. The number of halogens is 1. The third-order valence-corrected chi connectivity index (χ3v) is 6.01. The zero-order valence-electron chi connectivity index (χ0n) is 18.8. The van der Waals surface area contributed by atoms with Crippen LogP contribution < -0.4 is 10.9 Å². The molecule has 0 bridgehead atoms. The Morgan fingerprint density at radius 1 is 1.03 bits per heavy atom. The Balaban J connectivity index is 1.64. The van der Waals surface area contributed by atoms with Crippen LogP contribution in [0.3, 0.4) is 0 Å². The summed E-state index contributed by atoms with van der Waals surface area (Å²) in [7, 11) is 0. The van der Waals surface area contributed by atoms with Gasteiger partial charge in [0.15, 0.2) is 0 Å². The summed E-state index contributed by atoms with van der Waals surface area (Å²) >= 11 is 3.46. The number of carbonyl (C=O) groups excluding carboxylic acids is 1.